The molecule has 0 aliphatic rings. The number of sulfonamides is 1. The SMILES string of the molecule is COCC(NS(=O)(=O)c1ccc(Cl)cc1)C(=O)O. The van der Waals surface area contributed by atoms with Gasteiger partial charge in [-0.15, -0.1) is 0 Å². The van der Waals surface area contributed by atoms with Gasteiger partial charge in [0.15, 0.2) is 0 Å². The fourth-order valence-corrected chi connectivity index (χ4v) is 2.49. The summed E-state index contributed by atoms with van der Waals surface area (Å²) in [5.41, 5.74) is 0. The molecular weight excluding hydrogens is 282 g/mol. The minimum absolute atomic E-state index is 0.0609. The largest absolute Gasteiger partial charge is 0.480 e. The van der Waals surface area contributed by atoms with Crippen LogP contribution in [-0.2, 0) is 19.6 Å². The summed E-state index contributed by atoms with van der Waals surface area (Å²) in [6.07, 6.45) is 0. The topological polar surface area (TPSA) is 92.7 Å². The highest BCUT2D eigenvalue weighted by Gasteiger charge is 2.25. The maximum atomic E-state index is 11.9. The molecule has 0 bridgehead atoms. The highest BCUT2D eigenvalue weighted by atomic mass is 35.5. The molecule has 0 fully saturated rings. The first-order chi connectivity index (χ1) is 8.36. The lowest BCUT2D eigenvalue weighted by atomic mass is 10.3. The van der Waals surface area contributed by atoms with E-state index in [1.165, 1.54) is 31.4 Å². The number of halogens is 1. The van der Waals surface area contributed by atoms with E-state index < -0.39 is 22.0 Å². The van der Waals surface area contributed by atoms with Crippen LogP contribution < -0.4 is 4.72 Å². The van der Waals surface area contributed by atoms with Crippen LogP contribution in [0.2, 0.25) is 5.02 Å². The Labute approximate surface area is 110 Å². The Bertz CT molecular complexity index is 514. The van der Waals surface area contributed by atoms with Crippen LogP contribution >= 0.6 is 11.6 Å². The van der Waals surface area contributed by atoms with Crippen molar-refractivity contribution in [3.8, 4) is 0 Å². The van der Waals surface area contributed by atoms with Crippen molar-refractivity contribution in [1.29, 1.82) is 0 Å². The Hall–Kier alpha value is -1.15. The highest BCUT2D eigenvalue weighted by Crippen LogP contribution is 2.14. The number of hydrogen-bond donors (Lipinski definition) is 2. The van der Waals surface area contributed by atoms with E-state index in [4.69, 9.17) is 16.7 Å². The summed E-state index contributed by atoms with van der Waals surface area (Å²) in [5, 5.41) is 9.22. The third kappa shape index (κ3) is 3.95. The van der Waals surface area contributed by atoms with E-state index in [0.29, 0.717) is 5.02 Å². The molecule has 0 saturated carbocycles. The number of carboxylic acids is 1. The van der Waals surface area contributed by atoms with E-state index in [-0.39, 0.29) is 11.5 Å². The summed E-state index contributed by atoms with van der Waals surface area (Å²) in [7, 11) is -2.63. The van der Waals surface area contributed by atoms with Gasteiger partial charge in [0.2, 0.25) is 10.0 Å². The quantitative estimate of drug-likeness (QED) is 0.806. The second-order valence-electron chi connectivity index (χ2n) is 3.42. The van der Waals surface area contributed by atoms with Gasteiger partial charge >= 0.3 is 5.97 Å². The van der Waals surface area contributed by atoms with Crippen LogP contribution in [0.1, 0.15) is 0 Å². The Morgan fingerprint density at radius 2 is 2.00 bits per heavy atom. The van der Waals surface area contributed by atoms with Gasteiger partial charge in [-0.3, -0.25) is 4.79 Å². The van der Waals surface area contributed by atoms with Crippen molar-refractivity contribution in [2.45, 2.75) is 10.9 Å². The maximum absolute atomic E-state index is 11.9. The van der Waals surface area contributed by atoms with Crippen LogP contribution in [0, 0.1) is 0 Å². The van der Waals surface area contributed by atoms with Crippen LogP contribution in [-0.4, -0.2) is 39.3 Å². The van der Waals surface area contributed by atoms with E-state index in [1.54, 1.807) is 0 Å². The number of ether oxygens (including phenoxy) is 1. The molecule has 0 saturated heterocycles. The van der Waals surface area contributed by atoms with Crippen LogP contribution in [0.25, 0.3) is 0 Å². The molecule has 1 aromatic carbocycles. The van der Waals surface area contributed by atoms with Gasteiger partial charge in [0, 0.05) is 12.1 Å². The summed E-state index contributed by atoms with van der Waals surface area (Å²) in [6, 6.07) is 4.05. The summed E-state index contributed by atoms with van der Waals surface area (Å²) >= 11 is 5.64. The van der Waals surface area contributed by atoms with E-state index in [2.05, 4.69) is 4.74 Å². The van der Waals surface area contributed by atoms with Crippen LogP contribution in [0.15, 0.2) is 29.2 Å². The van der Waals surface area contributed by atoms with Gasteiger partial charge < -0.3 is 9.84 Å². The van der Waals surface area contributed by atoms with Crippen molar-refractivity contribution in [2.75, 3.05) is 13.7 Å². The van der Waals surface area contributed by atoms with Crippen molar-refractivity contribution < 1.29 is 23.1 Å². The van der Waals surface area contributed by atoms with Gasteiger partial charge in [-0.1, -0.05) is 11.6 Å². The molecular formula is C10H12ClNO5S. The number of rotatable bonds is 6. The molecule has 0 heterocycles. The molecule has 0 amide bonds. The lowest BCUT2D eigenvalue weighted by molar-refractivity contribution is -0.140. The standard InChI is InChI=1S/C10H12ClNO5S/c1-17-6-9(10(13)14)12-18(15,16)8-4-2-7(11)3-5-8/h2-5,9,12H,6H2,1H3,(H,13,14). The maximum Gasteiger partial charge on any atom is 0.324 e. The molecule has 2 N–H and O–H groups in total. The molecule has 8 heteroatoms. The molecule has 0 spiro atoms. The lowest BCUT2D eigenvalue weighted by Crippen LogP contribution is -2.43. The van der Waals surface area contributed by atoms with Crippen LogP contribution in [0.3, 0.4) is 0 Å². The first kappa shape index (κ1) is 14.9. The predicted octanol–water partition coefficient (Wildman–Crippen LogP) is 0.718. The summed E-state index contributed by atoms with van der Waals surface area (Å²) in [4.78, 5) is 10.8. The second kappa shape index (κ2) is 6.14. The third-order valence-corrected chi connectivity index (χ3v) is 3.79. The first-order valence-corrected chi connectivity index (χ1v) is 6.72. The average Bonchev–Trinajstić information content (AvgIpc) is 2.28. The molecule has 1 atom stereocenters. The fraction of sp³-hybridized carbons (Fsp3) is 0.300. The van der Waals surface area contributed by atoms with Gasteiger partial charge in [-0.05, 0) is 24.3 Å². The van der Waals surface area contributed by atoms with E-state index in [0.717, 1.165) is 0 Å². The van der Waals surface area contributed by atoms with Gasteiger partial charge in [-0.2, -0.15) is 4.72 Å². The molecule has 1 aromatic rings. The number of methoxy groups -OCH3 is 1. The minimum Gasteiger partial charge on any atom is -0.480 e. The monoisotopic (exact) mass is 293 g/mol. The smallest absolute Gasteiger partial charge is 0.324 e. The minimum atomic E-state index is -3.91. The zero-order valence-corrected chi connectivity index (χ0v) is 11.0. The van der Waals surface area contributed by atoms with Crippen molar-refractivity contribution >= 4 is 27.6 Å². The van der Waals surface area contributed by atoms with Gasteiger partial charge in [0.1, 0.15) is 6.04 Å². The van der Waals surface area contributed by atoms with Crippen molar-refractivity contribution in [2.24, 2.45) is 0 Å². The van der Waals surface area contributed by atoms with Crippen molar-refractivity contribution in [3.63, 3.8) is 0 Å². The number of benzene rings is 1. The van der Waals surface area contributed by atoms with Crippen LogP contribution in [0.5, 0.6) is 0 Å². The Balaban J connectivity index is 2.93. The zero-order chi connectivity index (χ0) is 13.8. The molecule has 6 nitrogen and oxygen atoms in total. The Morgan fingerprint density at radius 1 is 1.44 bits per heavy atom. The number of hydrogen-bond acceptors (Lipinski definition) is 4. The summed E-state index contributed by atoms with van der Waals surface area (Å²) < 4.78 is 30.4. The normalized spacial score (nSPS) is 13.2. The van der Waals surface area contributed by atoms with Gasteiger partial charge in [-0.25, -0.2) is 8.42 Å². The highest BCUT2D eigenvalue weighted by molar-refractivity contribution is 7.89. The van der Waals surface area contributed by atoms with E-state index in [9.17, 15) is 13.2 Å². The Kier molecular flexibility index (Phi) is 5.09. The van der Waals surface area contributed by atoms with Crippen LogP contribution in [0.4, 0.5) is 0 Å². The molecule has 100 valence electrons. The number of carbonyl (C=O) groups is 1. The predicted molar refractivity (Wildman–Crippen MR) is 65.1 cm³/mol. The molecule has 0 aromatic heterocycles. The summed E-state index contributed by atoms with van der Waals surface area (Å²) in [5.74, 6) is -1.31. The van der Waals surface area contributed by atoms with E-state index >= 15 is 0 Å². The molecule has 1 rings (SSSR count). The van der Waals surface area contributed by atoms with Crippen molar-refractivity contribution in [1.82, 2.24) is 4.72 Å². The molecule has 0 aliphatic heterocycles. The van der Waals surface area contributed by atoms with Gasteiger partial charge in [0.25, 0.3) is 0 Å². The molecule has 1 unspecified atom stereocenters. The number of aliphatic carboxylic acids is 1. The fourth-order valence-electron chi connectivity index (χ4n) is 1.19. The second-order valence-corrected chi connectivity index (χ2v) is 5.57. The first-order valence-electron chi connectivity index (χ1n) is 4.86. The van der Waals surface area contributed by atoms with Crippen molar-refractivity contribution in [3.05, 3.63) is 29.3 Å². The Morgan fingerprint density at radius 3 is 2.44 bits per heavy atom. The molecule has 0 radical (unpaired) electrons. The molecule has 0 aliphatic carbocycles. The average molecular weight is 294 g/mol. The number of carboxylic acid groups (broad SMARTS) is 1. The number of nitrogens with one attached hydrogen (secondary N) is 1. The van der Waals surface area contributed by atoms with Gasteiger partial charge in [0.05, 0.1) is 11.5 Å². The zero-order valence-electron chi connectivity index (χ0n) is 9.46. The lowest BCUT2D eigenvalue weighted by Gasteiger charge is -2.13. The van der Waals surface area contributed by atoms with E-state index in [1.807, 2.05) is 4.72 Å². The third-order valence-electron chi connectivity index (χ3n) is 2.05. The molecule has 18 heavy (non-hydrogen) atoms. The summed E-state index contributed by atoms with van der Waals surface area (Å²) in [6.45, 7) is -0.262.